The fourth-order valence-electron chi connectivity index (χ4n) is 4.37. The topological polar surface area (TPSA) is 79.9 Å². The number of likely N-dealkylation sites (tertiary alicyclic amines) is 1. The molecule has 7 nitrogen and oxygen atoms in total. The molecule has 2 aliphatic rings. The number of ether oxygens (including phenoxy) is 2. The molecule has 2 aliphatic heterocycles. The predicted molar refractivity (Wildman–Crippen MR) is 121 cm³/mol. The summed E-state index contributed by atoms with van der Waals surface area (Å²) in [5.74, 6) is -0.115. The number of carbonyl (C=O) groups excluding carboxylic acids is 2. The monoisotopic (exact) mass is 431 g/mol. The Bertz CT molecular complexity index is 750. The van der Waals surface area contributed by atoms with E-state index in [1.54, 1.807) is 4.90 Å². The minimum Gasteiger partial charge on any atom is -0.356 e. The zero-order valence-electron chi connectivity index (χ0n) is 19.1. The van der Waals surface area contributed by atoms with E-state index in [2.05, 4.69) is 24.5 Å². The summed E-state index contributed by atoms with van der Waals surface area (Å²) in [4.78, 5) is 27.1. The van der Waals surface area contributed by atoms with Crippen LogP contribution < -0.4 is 10.6 Å². The number of benzene rings is 1. The van der Waals surface area contributed by atoms with E-state index in [1.807, 2.05) is 31.2 Å². The van der Waals surface area contributed by atoms with Crippen molar-refractivity contribution in [2.45, 2.75) is 59.2 Å². The van der Waals surface area contributed by atoms with Crippen molar-refractivity contribution in [2.24, 2.45) is 11.3 Å². The van der Waals surface area contributed by atoms with Gasteiger partial charge in [-0.15, -0.1) is 0 Å². The van der Waals surface area contributed by atoms with Crippen LogP contribution in [0, 0.1) is 18.3 Å². The van der Waals surface area contributed by atoms with Gasteiger partial charge in [-0.3, -0.25) is 4.79 Å². The maximum atomic E-state index is 12.7. The van der Waals surface area contributed by atoms with Gasteiger partial charge >= 0.3 is 6.03 Å². The standard InChI is InChI=1S/C24H37N3O4/c1-4-24(3,22-30-14-15-31-22)11-7-12-25-21(28)19-9-6-13-27(17-19)23(29)26-20-10-5-8-18(2)16-20/h5,8,10,16,19,22H,4,6-7,9,11-15,17H2,1-3H3,(H,25,28)(H,26,29). The zero-order chi connectivity index (χ0) is 22.3. The van der Waals surface area contributed by atoms with Crippen molar-refractivity contribution in [3.05, 3.63) is 29.8 Å². The first kappa shape index (κ1) is 23.5. The summed E-state index contributed by atoms with van der Waals surface area (Å²) < 4.78 is 11.4. The van der Waals surface area contributed by atoms with Crippen molar-refractivity contribution < 1.29 is 19.1 Å². The van der Waals surface area contributed by atoms with Crippen LogP contribution in [0.5, 0.6) is 0 Å². The number of amides is 3. The van der Waals surface area contributed by atoms with Gasteiger partial charge in [-0.25, -0.2) is 4.79 Å². The van der Waals surface area contributed by atoms with E-state index >= 15 is 0 Å². The Labute approximate surface area is 185 Å². The first-order valence-electron chi connectivity index (χ1n) is 11.5. The van der Waals surface area contributed by atoms with E-state index in [0.29, 0.717) is 32.8 Å². The van der Waals surface area contributed by atoms with E-state index < -0.39 is 0 Å². The van der Waals surface area contributed by atoms with Gasteiger partial charge in [-0.2, -0.15) is 0 Å². The maximum absolute atomic E-state index is 12.7. The normalized spacial score (nSPS) is 21.5. The number of anilines is 1. The van der Waals surface area contributed by atoms with Gasteiger partial charge in [-0.1, -0.05) is 26.0 Å². The van der Waals surface area contributed by atoms with Crippen LogP contribution >= 0.6 is 0 Å². The van der Waals surface area contributed by atoms with Gasteiger partial charge in [0, 0.05) is 30.7 Å². The molecule has 0 radical (unpaired) electrons. The summed E-state index contributed by atoms with van der Waals surface area (Å²) in [5, 5.41) is 6.02. The summed E-state index contributed by atoms with van der Waals surface area (Å²) in [6, 6.07) is 7.60. The highest BCUT2D eigenvalue weighted by molar-refractivity contribution is 5.90. The lowest BCUT2D eigenvalue weighted by molar-refractivity contribution is -0.132. The lowest BCUT2D eigenvalue weighted by Gasteiger charge is -2.33. The third kappa shape index (κ3) is 6.43. The quantitative estimate of drug-likeness (QED) is 0.612. The highest BCUT2D eigenvalue weighted by Crippen LogP contribution is 2.35. The number of hydrogen-bond acceptors (Lipinski definition) is 4. The molecule has 3 rings (SSSR count). The lowest BCUT2D eigenvalue weighted by Crippen LogP contribution is -2.47. The van der Waals surface area contributed by atoms with Gasteiger partial charge in [-0.05, 0) is 56.7 Å². The maximum Gasteiger partial charge on any atom is 0.321 e. The van der Waals surface area contributed by atoms with E-state index in [4.69, 9.17) is 9.47 Å². The SMILES string of the molecule is CCC(C)(CCCNC(=O)C1CCCN(C(=O)Nc2cccc(C)c2)C1)C1OCCO1. The van der Waals surface area contributed by atoms with Crippen molar-refractivity contribution in [2.75, 3.05) is 38.2 Å². The Morgan fingerprint density at radius 3 is 2.74 bits per heavy atom. The molecule has 0 spiro atoms. The average molecular weight is 432 g/mol. The lowest BCUT2D eigenvalue weighted by atomic mass is 9.82. The van der Waals surface area contributed by atoms with Crippen LogP contribution in [-0.4, -0.2) is 56.0 Å². The minimum absolute atomic E-state index is 0.0310. The molecule has 2 heterocycles. The highest BCUT2D eigenvalue weighted by atomic mass is 16.7. The number of rotatable bonds is 8. The van der Waals surface area contributed by atoms with Gasteiger partial charge < -0.3 is 25.0 Å². The van der Waals surface area contributed by atoms with Crippen LogP contribution in [0.3, 0.4) is 0 Å². The average Bonchev–Trinajstić information content (AvgIpc) is 3.32. The molecule has 3 amide bonds. The number of piperidine rings is 1. The highest BCUT2D eigenvalue weighted by Gasteiger charge is 2.36. The molecule has 0 aromatic heterocycles. The van der Waals surface area contributed by atoms with Crippen molar-refractivity contribution in [1.82, 2.24) is 10.2 Å². The number of urea groups is 1. The van der Waals surface area contributed by atoms with Crippen LogP contribution in [0.25, 0.3) is 0 Å². The summed E-state index contributed by atoms with van der Waals surface area (Å²) in [5.41, 5.74) is 1.85. The second kappa shape index (κ2) is 11.0. The molecule has 1 aromatic carbocycles. The number of carbonyl (C=O) groups is 2. The Morgan fingerprint density at radius 1 is 1.26 bits per heavy atom. The third-order valence-electron chi connectivity index (χ3n) is 6.57. The van der Waals surface area contributed by atoms with E-state index in [-0.39, 0.29) is 29.6 Å². The number of aryl methyl sites for hydroxylation is 1. The third-order valence-corrected chi connectivity index (χ3v) is 6.57. The van der Waals surface area contributed by atoms with Crippen molar-refractivity contribution in [3.8, 4) is 0 Å². The molecule has 0 saturated carbocycles. The minimum atomic E-state index is -0.156. The molecule has 2 atom stereocenters. The Balaban J connectivity index is 1.42. The van der Waals surface area contributed by atoms with E-state index in [1.165, 1.54) is 0 Å². The van der Waals surface area contributed by atoms with E-state index in [9.17, 15) is 9.59 Å². The van der Waals surface area contributed by atoms with Crippen molar-refractivity contribution in [3.63, 3.8) is 0 Å². The molecular formula is C24H37N3O4. The summed E-state index contributed by atoms with van der Waals surface area (Å²) in [7, 11) is 0. The molecule has 31 heavy (non-hydrogen) atoms. The Morgan fingerprint density at radius 2 is 2.03 bits per heavy atom. The van der Waals surface area contributed by atoms with Crippen LogP contribution in [0.1, 0.15) is 51.5 Å². The van der Waals surface area contributed by atoms with E-state index in [0.717, 1.165) is 43.4 Å². The van der Waals surface area contributed by atoms with Gasteiger partial charge in [0.2, 0.25) is 5.91 Å². The summed E-state index contributed by atoms with van der Waals surface area (Å²) >= 11 is 0. The second-order valence-corrected chi connectivity index (χ2v) is 9.06. The molecule has 172 valence electrons. The van der Waals surface area contributed by atoms with Crippen LogP contribution in [-0.2, 0) is 14.3 Å². The van der Waals surface area contributed by atoms with Crippen LogP contribution in [0.15, 0.2) is 24.3 Å². The number of nitrogens with one attached hydrogen (secondary N) is 2. The van der Waals surface area contributed by atoms with Crippen molar-refractivity contribution in [1.29, 1.82) is 0 Å². The van der Waals surface area contributed by atoms with Crippen LogP contribution in [0.4, 0.5) is 10.5 Å². The zero-order valence-corrected chi connectivity index (χ0v) is 19.1. The van der Waals surface area contributed by atoms with Gasteiger partial charge in [0.25, 0.3) is 0 Å². The Hall–Kier alpha value is -2.12. The number of hydrogen-bond donors (Lipinski definition) is 2. The Kier molecular flexibility index (Phi) is 8.32. The summed E-state index contributed by atoms with van der Waals surface area (Å²) in [6.07, 6.45) is 4.29. The predicted octanol–water partition coefficient (Wildman–Crippen LogP) is 3.92. The van der Waals surface area contributed by atoms with Crippen LogP contribution in [0.2, 0.25) is 0 Å². The molecule has 0 bridgehead atoms. The molecule has 2 saturated heterocycles. The second-order valence-electron chi connectivity index (χ2n) is 9.06. The molecular weight excluding hydrogens is 394 g/mol. The van der Waals surface area contributed by atoms with Gasteiger partial charge in [0.05, 0.1) is 19.1 Å². The largest absolute Gasteiger partial charge is 0.356 e. The molecule has 2 fully saturated rings. The van der Waals surface area contributed by atoms with Crippen molar-refractivity contribution >= 4 is 17.6 Å². The van der Waals surface area contributed by atoms with Gasteiger partial charge in [0.1, 0.15) is 0 Å². The molecule has 1 aromatic rings. The fourth-order valence-corrected chi connectivity index (χ4v) is 4.37. The first-order chi connectivity index (χ1) is 14.9. The van der Waals surface area contributed by atoms with Gasteiger partial charge in [0.15, 0.2) is 6.29 Å². The number of nitrogens with zero attached hydrogens (tertiary/aromatic N) is 1. The summed E-state index contributed by atoms with van der Waals surface area (Å²) in [6.45, 7) is 9.43. The fraction of sp³-hybridized carbons (Fsp3) is 0.667. The molecule has 2 N–H and O–H groups in total. The molecule has 7 heteroatoms. The molecule has 0 aliphatic carbocycles. The molecule has 2 unspecified atom stereocenters. The first-order valence-corrected chi connectivity index (χ1v) is 11.5. The smallest absolute Gasteiger partial charge is 0.321 e.